The maximum atomic E-state index is 11.4. The molecular weight excluding hydrogens is 328 g/mol. The topological polar surface area (TPSA) is 52.6 Å². The molecule has 0 saturated heterocycles. The summed E-state index contributed by atoms with van der Waals surface area (Å²) in [5.41, 5.74) is 0. The van der Waals surface area contributed by atoms with Crippen LogP contribution in [-0.2, 0) is 18.4 Å². The lowest BCUT2D eigenvalue weighted by molar-refractivity contribution is -0.133. The zero-order valence-electron chi connectivity index (χ0n) is 13.0. The van der Waals surface area contributed by atoms with Gasteiger partial charge in [0, 0.05) is 0 Å². The molecule has 0 bridgehead atoms. The van der Waals surface area contributed by atoms with Gasteiger partial charge in [-0.1, -0.05) is 0 Å². The summed E-state index contributed by atoms with van der Waals surface area (Å²) < 4.78 is 10.6. The minimum atomic E-state index is -1.78. The molecule has 0 heterocycles. The fourth-order valence-corrected chi connectivity index (χ4v) is 3.98. The molecule has 0 N–H and O–H groups in total. The van der Waals surface area contributed by atoms with Crippen LogP contribution in [0.1, 0.15) is 0 Å². The van der Waals surface area contributed by atoms with Crippen LogP contribution in [0.3, 0.4) is 0 Å². The number of thioether (sulfide) groups is 2. The summed E-state index contributed by atoms with van der Waals surface area (Å²) in [6.07, 6.45) is 0. The number of rotatable bonds is 8. The van der Waals surface area contributed by atoms with Crippen LogP contribution in [0, 0.1) is 0 Å². The Morgan fingerprint density at radius 1 is 0.800 bits per heavy atom. The quantitative estimate of drug-likeness (QED) is 0.621. The van der Waals surface area contributed by atoms with Gasteiger partial charge in [0.1, 0.15) is 0 Å². The van der Waals surface area contributed by atoms with Crippen molar-refractivity contribution in [2.75, 3.05) is 11.5 Å². The van der Waals surface area contributed by atoms with Crippen molar-refractivity contribution in [1.82, 2.24) is 0 Å². The SMILES string of the molecule is C[Si](C)(C)OC(=O)CS/C=C/SCC(=O)O[Si](C)(C)C. The standard InChI is InChI=1S/C12H24O4S2Si2/c1-19(2,3)15-11(13)9-17-7-8-18-10-12(14)16-20(4,5)6/h7-8H,9-10H2,1-6H3/b8-7+. The molecule has 20 heavy (non-hydrogen) atoms. The van der Waals surface area contributed by atoms with E-state index in [0.29, 0.717) is 11.5 Å². The smallest absolute Gasteiger partial charge is 0.302 e. The van der Waals surface area contributed by atoms with Gasteiger partial charge < -0.3 is 8.85 Å². The highest BCUT2D eigenvalue weighted by atomic mass is 32.2. The van der Waals surface area contributed by atoms with E-state index in [1.54, 1.807) is 10.8 Å². The van der Waals surface area contributed by atoms with Gasteiger partial charge in [-0.3, -0.25) is 9.59 Å². The largest absolute Gasteiger partial charge is 0.519 e. The van der Waals surface area contributed by atoms with Gasteiger partial charge in [-0.05, 0) is 50.1 Å². The van der Waals surface area contributed by atoms with Gasteiger partial charge in [-0.2, -0.15) is 0 Å². The van der Waals surface area contributed by atoms with Gasteiger partial charge in [0.05, 0.1) is 11.5 Å². The molecule has 0 aromatic carbocycles. The summed E-state index contributed by atoms with van der Waals surface area (Å²) in [6.45, 7) is 11.9. The molecule has 0 aromatic heterocycles. The van der Waals surface area contributed by atoms with Gasteiger partial charge >= 0.3 is 11.9 Å². The van der Waals surface area contributed by atoms with Crippen molar-refractivity contribution in [1.29, 1.82) is 0 Å². The van der Waals surface area contributed by atoms with Gasteiger partial charge in [-0.15, -0.1) is 23.5 Å². The van der Waals surface area contributed by atoms with Crippen LogP contribution in [0.25, 0.3) is 0 Å². The second-order valence-corrected chi connectivity index (χ2v) is 16.7. The molecule has 0 aliphatic carbocycles. The lowest BCUT2D eigenvalue weighted by atomic mass is 10.8. The number of hydrogen-bond acceptors (Lipinski definition) is 6. The van der Waals surface area contributed by atoms with Crippen LogP contribution in [0.2, 0.25) is 39.3 Å². The first-order valence-corrected chi connectivity index (χ1v) is 15.2. The van der Waals surface area contributed by atoms with Crippen molar-refractivity contribution < 1.29 is 18.4 Å². The minimum absolute atomic E-state index is 0.179. The van der Waals surface area contributed by atoms with Crippen molar-refractivity contribution in [2.45, 2.75) is 39.3 Å². The molecule has 0 atom stereocenters. The van der Waals surface area contributed by atoms with E-state index in [2.05, 4.69) is 0 Å². The third-order valence-electron chi connectivity index (χ3n) is 1.49. The second kappa shape index (κ2) is 8.96. The van der Waals surface area contributed by atoms with Gasteiger partial charge in [0.15, 0.2) is 0 Å². The Hall–Kier alpha value is -0.186. The van der Waals surface area contributed by atoms with E-state index in [0.717, 1.165) is 0 Å². The van der Waals surface area contributed by atoms with Crippen LogP contribution in [0.4, 0.5) is 0 Å². The predicted octanol–water partition coefficient (Wildman–Crippen LogP) is 3.68. The first-order valence-electron chi connectivity index (χ1n) is 6.31. The van der Waals surface area contributed by atoms with E-state index >= 15 is 0 Å². The fourth-order valence-electron chi connectivity index (χ4n) is 1.05. The van der Waals surface area contributed by atoms with Crippen molar-refractivity contribution >= 4 is 52.1 Å². The molecule has 0 spiro atoms. The molecule has 0 fully saturated rings. The Balaban J connectivity index is 3.73. The normalized spacial score (nSPS) is 12.5. The van der Waals surface area contributed by atoms with E-state index < -0.39 is 16.6 Å². The lowest BCUT2D eigenvalue weighted by Crippen LogP contribution is -2.30. The summed E-state index contributed by atoms with van der Waals surface area (Å²) in [5, 5.41) is 3.61. The van der Waals surface area contributed by atoms with E-state index in [9.17, 15) is 9.59 Å². The van der Waals surface area contributed by atoms with E-state index in [1.165, 1.54) is 23.5 Å². The summed E-state index contributed by atoms with van der Waals surface area (Å²) in [6, 6.07) is 0. The molecule has 8 heteroatoms. The zero-order chi connectivity index (χ0) is 15.8. The maximum absolute atomic E-state index is 11.4. The Bertz CT molecular complexity index is 325. The van der Waals surface area contributed by atoms with Gasteiger partial charge in [-0.25, -0.2) is 0 Å². The van der Waals surface area contributed by atoms with Gasteiger partial charge in [0.25, 0.3) is 0 Å². The minimum Gasteiger partial charge on any atom is -0.519 e. The highest BCUT2D eigenvalue weighted by molar-refractivity contribution is 8.06. The van der Waals surface area contributed by atoms with Crippen LogP contribution in [0.15, 0.2) is 10.8 Å². The molecule has 0 aromatic rings. The molecule has 0 amide bonds. The highest BCUT2D eigenvalue weighted by Gasteiger charge is 2.20. The van der Waals surface area contributed by atoms with Crippen molar-refractivity contribution in [3.63, 3.8) is 0 Å². The molecule has 0 saturated carbocycles. The van der Waals surface area contributed by atoms with Crippen molar-refractivity contribution in [3.8, 4) is 0 Å². The third kappa shape index (κ3) is 14.2. The Kier molecular flexibility index (Phi) is 8.88. The lowest BCUT2D eigenvalue weighted by Gasteiger charge is -2.16. The van der Waals surface area contributed by atoms with Gasteiger partial charge in [0.2, 0.25) is 16.6 Å². The van der Waals surface area contributed by atoms with E-state index in [1.807, 2.05) is 39.3 Å². The second-order valence-electron chi connectivity index (χ2n) is 6.07. The average molecular weight is 353 g/mol. The predicted molar refractivity (Wildman–Crippen MR) is 92.9 cm³/mol. The van der Waals surface area contributed by atoms with E-state index in [4.69, 9.17) is 8.85 Å². The van der Waals surface area contributed by atoms with E-state index in [-0.39, 0.29) is 11.9 Å². The van der Waals surface area contributed by atoms with Crippen LogP contribution in [0.5, 0.6) is 0 Å². The van der Waals surface area contributed by atoms with Crippen molar-refractivity contribution in [3.05, 3.63) is 10.8 Å². The first-order chi connectivity index (χ1) is 8.99. The number of hydrogen-bond donors (Lipinski definition) is 0. The first kappa shape index (κ1) is 19.8. The van der Waals surface area contributed by atoms with Crippen LogP contribution < -0.4 is 0 Å². The molecule has 4 nitrogen and oxygen atoms in total. The molecule has 0 radical (unpaired) electrons. The summed E-state index contributed by atoms with van der Waals surface area (Å²) >= 11 is 2.74. The summed E-state index contributed by atoms with van der Waals surface area (Å²) in [7, 11) is -3.57. The Morgan fingerprint density at radius 3 is 1.35 bits per heavy atom. The Labute approximate surface area is 132 Å². The molecular formula is C12H24O4S2Si2. The van der Waals surface area contributed by atoms with Crippen LogP contribution >= 0.6 is 23.5 Å². The summed E-state index contributed by atoms with van der Waals surface area (Å²) in [4.78, 5) is 22.9. The summed E-state index contributed by atoms with van der Waals surface area (Å²) in [5.74, 6) is 0.255. The zero-order valence-corrected chi connectivity index (χ0v) is 16.7. The number of carbonyl (C=O) groups excluding carboxylic acids is 2. The van der Waals surface area contributed by atoms with Crippen molar-refractivity contribution in [2.24, 2.45) is 0 Å². The number of carbonyl (C=O) groups is 2. The Morgan fingerprint density at radius 2 is 1.10 bits per heavy atom. The fraction of sp³-hybridized carbons (Fsp3) is 0.667. The third-order valence-corrected chi connectivity index (χ3v) is 4.80. The molecule has 0 unspecified atom stereocenters. The molecule has 0 aliphatic rings. The average Bonchev–Trinajstić information content (AvgIpc) is 2.17. The maximum Gasteiger partial charge on any atom is 0.302 e. The molecule has 0 rings (SSSR count). The monoisotopic (exact) mass is 352 g/mol. The highest BCUT2D eigenvalue weighted by Crippen LogP contribution is 2.12. The molecule has 116 valence electrons. The van der Waals surface area contributed by atoms with Crippen LogP contribution in [-0.4, -0.2) is 40.1 Å². The molecule has 0 aliphatic heterocycles.